The minimum Gasteiger partial charge on any atom is -0.375 e. The normalized spacial score (nSPS) is 10.2. The van der Waals surface area contributed by atoms with Gasteiger partial charge in [-0.15, -0.1) is 0 Å². The predicted octanol–water partition coefficient (Wildman–Crippen LogP) is 4.81. The minimum absolute atomic E-state index is 0.130. The molecule has 0 aliphatic heterocycles. The molecular weight excluding hydrogens is 363 g/mol. The van der Waals surface area contributed by atoms with Crippen molar-refractivity contribution in [3.8, 4) is 0 Å². The molecular formula is C14H11BrCl2N2O. The second-order valence-corrected chi connectivity index (χ2v) is 5.65. The van der Waals surface area contributed by atoms with Gasteiger partial charge in [-0.25, -0.2) is 0 Å². The third kappa shape index (κ3) is 4.13. The molecule has 0 fully saturated rings. The Morgan fingerprint density at radius 1 is 1.15 bits per heavy atom. The zero-order valence-corrected chi connectivity index (χ0v) is 13.4. The van der Waals surface area contributed by atoms with Gasteiger partial charge in [0.1, 0.15) is 0 Å². The van der Waals surface area contributed by atoms with Crippen LogP contribution in [0.3, 0.4) is 0 Å². The maximum absolute atomic E-state index is 11.8. The molecule has 0 heterocycles. The van der Waals surface area contributed by atoms with Crippen molar-refractivity contribution in [2.75, 3.05) is 17.2 Å². The van der Waals surface area contributed by atoms with Crippen LogP contribution in [0.1, 0.15) is 0 Å². The van der Waals surface area contributed by atoms with E-state index >= 15 is 0 Å². The minimum atomic E-state index is -0.167. The van der Waals surface area contributed by atoms with Crippen LogP contribution in [-0.4, -0.2) is 12.5 Å². The second kappa shape index (κ2) is 6.97. The maximum atomic E-state index is 11.8. The van der Waals surface area contributed by atoms with Gasteiger partial charge >= 0.3 is 0 Å². The molecule has 2 aromatic rings. The smallest absolute Gasteiger partial charge is 0.243 e. The van der Waals surface area contributed by atoms with Crippen molar-refractivity contribution < 1.29 is 4.79 Å². The van der Waals surface area contributed by atoms with Crippen LogP contribution in [0.5, 0.6) is 0 Å². The number of rotatable bonds is 4. The molecule has 20 heavy (non-hydrogen) atoms. The highest BCUT2D eigenvalue weighted by Gasteiger charge is 2.06. The van der Waals surface area contributed by atoms with Crippen LogP contribution in [0.4, 0.5) is 11.4 Å². The van der Waals surface area contributed by atoms with Crippen LogP contribution < -0.4 is 10.6 Å². The number of anilines is 2. The van der Waals surface area contributed by atoms with Crippen LogP contribution in [-0.2, 0) is 4.79 Å². The van der Waals surface area contributed by atoms with Crippen molar-refractivity contribution in [2.24, 2.45) is 0 Å². The Hall–Kier alpha value is -1.23. The third-order valence-corrected chi connectivity index (χ3v) is 4.13. The molecule has 0 radical (unpaired) electrons. The quantitative estimate of drug-likeness (QED) is 0.807. The second-order valence-electron chi connectivity index (χ2n) is 4.01. The van der Waals surface area contributed by atoms with E-state index in [1.807, 2.05) is 12.1 Å². The van der Waals surface area contributed by atoms with Crippen molar-refractivity contribution in [2.45, 2.75) is 0 Å². The average Bonchev–Trinajstić information content (AvgIpc) is 2.40. The van der Waals surface area contributed by atoms with E-state index in [-0.39, 0.29) is 12.5 Å². The van der Waals surface area contributed by atoms with Gasteiger partial charge in [0.15, 0.2) is 0 Å². The predicted molar refractivity (Wildman–Crippen MR) is 87.7 cm³/mol. The molecule has 3 nitrogen and oxygen atoms in total. The molecule has 104 valence electrons. The SMILES string of the molecule is O=C(CNc1cccc(Cl)c1Br)Nc1cccc(Cl)c1. The largest absolute Gasteiger partial charge is 0.375 e. The highest BCUT2D eigenvalue weighted by atomic mass is 79.9. The number of amides is 1. The van der Waals surface area contributed by atoms with Crippen LogP contribution in [0.2, 0.25) is 10.0 Å². The Balaban J connectivity index is 1.94. The summed E-state index contributed by atoms with van der Waals surface area (Å²) in [6.45, 7) is 0.130. The third-order valence-electron chi connectivity index (χ3n) is 2.50. The van der Waals surface area contributed by atoms with Gasteiger partial charge in [-0.05, 0) is 46.3 Å². The molecule has 2 rings (SSSR count). The van der Waals surface area contributed by atoms with Gasteiger partial charge < -0.3 is 10.6 Å². The molecule has 0 saturated heterocycles. The Morgan fingerprint density at radius 2 is 1.90 bits per heavy atom. The van der Waals surface area contributed by atoms with Gasteiger partial charge in [-0.2, -0.15) is 0 Å². The molecule has 0 bridgehead atoms. The van der Waals surface area contributed by atoms with Crippen molar-refractivity contribution in [3.63, 3.8) is 0 Å². The van der Waals surface area contributed by atoms with E-state index in [4.69, 9.17) is 23.2 Å². The molecule has 0 spiro atoms. The zero-order valence-electron chi connectivity index (χ0n) is 10.3. The highest BCUT2D eigenvalue weighted by molar-refractivity contribution is 9.10. The molecule has 2 N–H and O–H groups in total. The fourth-order valence-corrected chi connectivity index (χ4v) is 2.36. The summed E-state index contributed by atoms with van der Waals surface area (Å²) in [4.78, 5) is 11.8. The van der Waals surface area contributed by atoms with E-state index in [1.54, 1.807) is 30.3 Å². The molecule has 0 aliphatic rings. The van der Waals surface area contributed by atoms with E-state index in [9.17, 15) is 4.79 Å². The lowest BCUT2D eigenvalue weighted by Gasteiger charge is -2.10. The highest BCUT2D eigenvalue weighted by Crippen LogP contribution is 2.29. The monoisotopic (exact) mass is 372 g/mol. The Bertz CT molecular complexity index is 634. The fraction of sp³-hybridized carbons (Fsp3) is 0.0714. The summed E-state index contributed by atoms with van der Waals surface area (Å²) >= 11 is 15.2. The van der Waals surface area contributed by atoms with Gasteiger partial charge in [0, 0.05) is 10.7 Å². The van der Waals surface area contributed by atoms with Crippen molar-refractivity contribution >= 4 is 56.4 Å². The van der Waals surface area contributed by atoms with E-state index in [2.05, 4.69) is 26.6 Å². The zero-order chi connectivity index (χ0) is 14.5. The number of hydrogen-bond acceptors (Lipinski definition) is 2. The summed E-state index contributed by atoms with van der Waals surface area (Å²) < 4.78 is 0.734. The van der Waals surface area contributed by atoms with Gasteiger partial charge in [0.05, 0.1) is 21.7 Å². The standard InChI is InChI=1S/C14H11BrCl2N2O/c15-14-11(17)5-2-6-12(14)18-8-13(20)19-10-4-1-3-9(16)7-10/h1-7,18H,8H2,(H,19,20). The van der Waals surface area contributed by atoms with Crippen LogP contribution in [0.15, 0.2) is 46.9 Å². The average molecular weight is 374 g/mol. The Morgan fingerprint density at radius 3 is 2.65 bits per heavy atom. The van der Waals surface area contributed by atoms with Gasteiger partial charge in [-0.3, -0.25) is 4.79 Å². The molecule has 6 heteroatoms. The fourth-order valence-electron chi connectivity index (χ4n) is 1.59. The molecule has 0 atom stereocenters. The first kappa shape index (κ1) is 15.2. The van der Waals surface area contributed by atoms with E-state index < -0.39 is 0 Å². The summed E-state index contributed by atoms with van der Waals surface area (Å²) in [5.74, 6) is -0.167. The molecule has 0 aliphatic carbocycles. The van der Waals surface area contributed by atoms with E-state index in [1.165, 1.54) is 0 Å². The lowest BCUT2D eigenvalue weighted by Crippen LogP contribution is -2.21. The first-order valence-corrected chi connectivity index (χ1v) is 7.34. The number of benzene rings is 2. The van der Waals surface area contributed by atoms with Crippen LogP contribution in [0.25, 0.3) is 0 Å². The van der Waals surface area contributed by atoms with Crippen molar-refractivity contribution in [3.05, 3.63) is 57.0 Å². The lowest BCUT2D eigenvalue weighted by atomic mass is 10.3. The van der Waals surface area contributed by atoms with Gasteiger partial charge in [0.2, 0.25) is 5.91 Å². The number of halogens is 3. The summed E-state index contributed by atoms with van der Waals surface area (Å²) in [6, 6.07) is 12.4. The first-order valence-electron chi connectivity index (χ1n) is 5.79. The molecule has 0 unspecified atom stereocenters. The maximum Gasteiger partial charge on any atom is 0.243 e. The number of carbonyl (C=O) groups excluding carboxylic acids is 1. The Labute approximate surface area is 135 Å². The Kier molecular flexibility index (Phi) is 5.29. The van der Waals surface area contributed by atoms with Crippen molar-refractivity contribution in [1.82, 2.24) is 0 Å². The van der Waals surface area contributed by atoms with E-state index in [0.29, 0.717) is 15.7 Å². The molecule has 0 saturated carbocycles. The van der Waals surface area contributed by atoms with Crippen LogP contribution >= 0.6 is 39.1 Å². The summed E-state index contributed by atoms with van der Waals surface area (Å²) in [5.41, 5.74) is 1.42. The van der Waals surface area contributed by atoms with Crippen LogP contribution in [0, 0.1) is 0 Å². The molecule has 2 aromatic carbocycles. The number of hydrogen-bond donors (Lipinski definition) is 2. The van der Waals surface area contributed by atoms with E-state index in [0.717, 1.165) is 10.2 Å². The summed E-state index contributed by atoms with van der Waals surface area (Å²) in [7, 11) is 0. The number of carbonyl (C=O) groups is 1. The first-order chi connectivity index (χ1) is 9.56. The van der Waals surface area contributed by atoms with Crippen molar-refractivity contribution in [1.29, 1.82) is 0 Å². The molecule has 1 amide bonds. The topological polar surface area (TPSA) is 41.1 Å². The summed E-state index contributed by atoms with van der Waals surface area (Å²) in [6.07, 6.45) is 0. The molecule has 0 aromatic heterocycles. The van der Waals surface area contributed by atoms with Gasteiger partial charge in [-0.1, -0.05) is 35.3 Å². The summed E-state index contributed by atoms with van der Waals surface area (Å²) in [5, 5.41) is 6.93. The lowest BCUT2D eigenvalue weighted by molar-refractivity contribution is -0.114. The van der Waals surface area contributed by atoms with Gasteiger partial charge in [0.25, 0.3) is 0 Å². The number of nitrogens with one attached hydrogen (secondary N) is 2.